The number of likely N-dealkylation sites (N-methyl/N-ethyl adjacent to an activating group) is 1. The van der Waals surface area contributed by atoms with Gasteiger partial charge >= 0.3 is 0 Å². The molecule has 0 unspecified atom stereocenters. The van der Waals surface area contributed by atoms with Gasteiger partial charge in [0.05, 0.1) is 34.1 Å². The van der Waals surface area contributed by atoms with Crippen molar-refractivity contribution in [3.63, 3.8) is 0 Å². The molecule has 1 aromatic heterocycles. The van der Waals surface area contributed by atoms with Crippen LogP contribution in [0.15, 0.2) is 61.0 Å². The molecular weight excluding hydrogens is 449 g/mol. The number of rotatable bonds is 7. The van der Waals surface area contributed by atoms with E-state index in [4.69, 9.17) is 0 Å². The molecule has 0 atom stereocenters. The molecule has 5 heteroatoms. The number of aromatic nitrogens is 1. The summed E-state index contributed by atoms with van der Waals surface area (Å²) in [5, 5.41) is 0. The number of pyridine rings is 1. The Morgan fingerprint density at radius 1 is 1.09 bits per heavy atom. The molecule has 0 amide bonds. The number of hydrogen-bond donors (Lipinski definition) is 0. The van der Waals surface area contributed by atoms with E-state index in [1.807, 2.05) is 6.08 Å². The second-order valence-electron chi connectivity index (χ2n) is 10.2. The van der Waals surface area contributed by atoms with Crippen LogP contribution in [0.25, 0.3) is 12.2 Å². The van der Waals surface area contributed by atoms with E-state index in [-0.39, 0.29) is 30.2 Å². The number of fused-ring (bicyclic) bond motifs is 1. The summed E-state index contributed by atoms with van der Waals surface area (Å²) in [5.41, 5.74) is 7.73. The lowest BCUT2D eigenvalue weighted by atomic mass is 9.84. The van der Waals surface area contributed by atoms with E-state index in [0.717, 1.165) is 24.0 Å². The maximum absolute atomic E-state index is 4.08. The minimum atomic E-state index is 0. The summed E-state index contributed by atoms with van der Waals surface area (Å²) < 4.78 is 3.32. The minimum absolute atomic E-state index is 0. The first-order valence-corrected chi connectivity index (χ1v) is 11.2. The molecule has 0 aliphatic carbocycles. The van der Waals surface area contributed by atoms with Gasteiger partial charge in [-0.05, 0) is 30.2 Å². The molecule has 2 heterocycles. The van der Waals surface area contributed by atoms with Gasteiger partial charge in [0, 0.05) is 41.6 Å². The maximum Gasteiger partial charge on any atom is 0.208 e. The van der Waals surface area contributed by atoms with Crippen molar-refractivity contribution in [1.29, 1.82) is 0 Å². The van der Waals surface area contributed by atoms with E-state index >= 15 is 0 Å². The van der Waals surface area contributed by atoms with Gasteiger partial charge in [0.15, 0.2) is 12.7 Å². The van der Waals surface area contributed by atoms with E-state index in [1.165, 1.54) is 33.8 Å². The molecule has 1 aliphatic heterocycles. The zero-order chi connectivity index (χ0) is 22.8. The van der Waals surface area contributed by atoms with Crippen molar-refractivity contribution in [3.05, 3.63) is 83.3 Å². The average Bonchev–Trinajstić information content (AvgIpc) is 2.89. The van der Waals surface area contributed by atoms with E-state index < -0.39 is 0 Å². The molecule has 0 saturated heterocycles. The molecule has 0 saturated carbocycles. The smallest absolute Gasteiger partial charge is 0.208 e. The van der Waals surface area contributed by atoms with Gasteiger partial charge in [-0.2, -0.15) is 4.57 Å². The van der Waals surface area contributed by atoms with Crippen LogP contribution >= 0.6 is 0 Å². The minimum Gasteiger partial charge on any atom is -1.00 e. The first-order chi connectivity index (χ1) is 14.6. The van der Waals surface area contributed by atoms with E-state index in [0.29, 0.717) is 0 Å². The predicted octanol–water partition coefficient (Wildman–Crippen LogP) is -0.645. The fraction of sp³-hybridized carbons (Fsp3) is 0.393. The normalized spacial score (nSPS) is 15.8. The van der Waals surface area contributed by atoms with Crippen LogP contribution in [-0.2, 0) is 12.0 Å². The number of anilines is 1. The fourth-order valence-corrected chi connectivity index (χ4v) is 4.64. The van der Waals surface area contributed by atoms with Crippen LogP contribution in [0.2, 0.25) is 0 Å². The highest BCUT2D eigenvalue weighted by Crippen LogP contribution is 2.46. The summed E-state index contributed by atoms with van der Waals surface area (Å²) in [7, 11) is 8.90. The molecule has 0 radical (unpaired) electrons. The van der Waals surface area contributed by atoms with Crippen molar-refractivity contribution in [3.8, 4) is 0 Å². The number of hydrogen-bond acceptors (Lipinski definition) is 1. The summed E-state index contributed by atoms with van der Waals surface area (Å²) in [6.07, 6.45) is 12.0. The van der Waals surface area contributed by atoms with Crippen LogP contribution in [0.4, 0.5) is 5.69 Å². The Kier molecular flexibility index (Phi) is 9.98. The van der Waals surface area contributed by atoms with Crippen molar-refractivity contribution < 1.29 is 33.9 Å². The number of allylic oxidation sites excluding steroid dienone is 3. The molecule has 3 rings (SSSR count). The first-order valence-electron chi connectivity index (χ1n) is 11.2. The Hall–Kier alpha value is -2.07. The van der Waals surface area contributed by atoms with Crippen LogP contribution < -0.4 is 34.3 Å². The Labute approximate surface area is 213 Å². The molecule has 33 heavy (non-hydrogen) atoms. The van der Waals surface area contributed by atoms with E-state index in [9.17, 15) is 0 Å². The fourth-order valence-electron chi connectivity index (χ4n) is 4.64. The summed E-state index contributed by atoms with van der Waals surface area (Å²) >= 11 is 0. The van der Waals surface area contributed by atoms with Gasteiger partial charge in [-0.1, -0.05) is 50.8 Å². The first kappa shape index (κ1) is 29.0. The lowest BCUT2D eigenvalue weighted by Crippen LogP contribution is -3.00. The van der Waals surface area contributed by atoms with Gasteiger partial charge < -0.3 is 34.2 Å². The Morgan fingerprint density at radius 2 is 1.76 bits per heavy atom. The molecule has 2 aromatic rings. The van der Waals surface area contributed by atoms with Gasteiger partial charge in [-0.25, -0.2) is 0 Å². The lowest BCUT2D eigenvalue weighted by molar-refractivity contribution is -0.873. The number of quaternary nitrogens is 1. The van der Waals surface area contributed by atoms with E-state index in [1.54, 1.807) is 0 Å². The molecule has 1 aromatic carbocycles. The van der Waals surface area contributed by atoms with E-state index in [2.05, 4.69) is 120 Å². The molecular formula is C28H39Cl2N3. The Morgan fingerprint density at radius 3 is 2.36 bits per heavy atom. The molecule has 1 aliphatic rings. The number of benzene rings is 1. The summed E-state index contributed by atoms with van der Waals surface area (Å²) in [6, 6.07) is 10.9. The molecule has 3 nitrogen and oxygen atoms in total. The number of aryl methyl sites for hydroxylation is 1. The zero-order valence-corrected chi connectivity index (χ0v) is 22.7. The van der Waals surface area contributed by atoms with Gasteiger partial charge in [0.1, 0.15) is 0 Å². The predicted molar refractivity (Wildman–Crippen MR) is 134 cm³/mol. The highest BCUT2D eigenvalue weighted by molar-refractivity contribution is 5.70. The highest BCUT2D eigenvalue weighted by atomic mass is 35.5. The Bertz CT molecular complexity index is 1030. The third-order valence-electron chi connectivity index (χ3n) is 6.45. The standard InChI is InChI=1S/C28H39N3.2ClH/c1-9-25-22(2)23(18-20-30(25)19-13-21-31(6,7)8)14-12-17-27-28(3,4)24-15-10-11-16-26(24)29(27)5;;/h9-12,14-18,20H,1,13,19,21H2,2-8H3;2*1H/q+2;;/p-2. The molecule has 180 valence electrons. The molecule has 0 spiro atoms. The largest absolute Gasteiger partial charge is 1.00 e. The SMILES string of the molecule is C=Cc1c(C)c(/C=C/C=C2/N(C)c3ccccc3C2(C)C)cc[n+]1CCC[N+](C)(C)C.[Cl-].[Cl-]. The molecule has 0 N–H and O–H groups in total. The zero-order valence-electron chi connectivity index (χ0n) is 21.2. The van der Waals surface area contributed by atoms with Crippen LogP contribution in [0.1, 0.15) is 42.7 Å². The van der Waals surface area contributed by atoms with Crippen molar-refractivity contribution >= 4 is 17.8 Å². The van der Waals surface area contributed by atoms with Crippen molar-refractivity contribution in [2.24, 2.45) is 0 Å². The summed E-state index contributed by atoms with van der Waals surface area (Å²) in [6.45, 7) is 13.1. The van der Waals surface area contributed by atoms with Gasteiger partial charge in [-0.3, -0.25) is 0 Å². The lowest BCUT2D eigenvalue weighted by Gasteiger charge is -2.23. The van der Waals surface area contributed by atoms with Crippen LogP contribution in [0.3, 0.4) is 0 Å². The average molecular weight is 489 g/mol. The van der Waals surface area contributed by atoms with Crippen molar-refractivity contribution in [2.45, 2.75) is 39.2 Å². The third-order valence-corrected chi connectivity index (χ3v) is 6.45. The highest BCUT2D eigenvalue weighted by Gasteiger charge is 2.37. The second-order valence-corrected chi connectivity index (χ2v) is 10.2. The van der Waals surface area contributed by atoms with Crippen LogP contribution in [0.5, 0.6) is 0 Å². The molecule has 0 bridgehead atoms. The number of para-hydroxylation sites is 1. The maximum atomic E-state index is 4.08. The van der Waals surface area contributed by atoms with Crippen molar-refractivity contribution in [2.75, 3.05) is 39.6 Å². The summed E-state index contributed by atoms with van der Waals surface area (Å²) in [4.78, 5) is 2.31. The topological polar surface area (TPSA) is 7.12 Å². The van der Waals surface area contributed by atoms with Crippen LogP contribution in [0, 0.1) is 6.92 Å². The monoisotopic (exact) mass is 487 g/mol. The van der Waals surface area contributed by atoms with Gasteiger partial charge in [-0.15, -0.1) is 0 Å². The molecule has 0 fully saturated rings. The quantitative estimate of drug-likeness (QED) is 0.372. The van der Waals surface area contributed by atoms with Gasteiger partial charge in [0.2, 0.25) is 5.69 Å². The number of halogens is 2. The Balaban J connectivity index is 0.00000272. The second kappa shape index (κ2) is 11.4. The van der Waals surface area contributed by atoms with Crippen LogP contribution in [-0.4, -0.2) is 39.2 Å². The van der Waals surface area contributed by atoms with Gasteiger partial charge in [0.25, 0.3) is 0 Å². The summed E-state index contributed by atoms with van der Waals surface area (Å²) in [5.74, 6) is 0. The number of nitrogens with zero attached hydrogens (tertiary/aromatic N) is 3. The van der Waals surface area contributed by atoms with Crippen molar-refractivity contribution in [1.82, 2.24) is 0 Å². The third kappa shape index (κ3) is 6.29.